The van der Waals surface area contributed by atoms with E-state index in [2.05, 4.69) is 11.9 Å². The molecule has 0 unspecified atom stereocenters. The van der Waals surface area contributed by atoms with Gasteiger partial charge >= 0.3 is 0 Å². The van der Waals surface area contributed by atoms with Gasteiger partial charge in [-0.15, -0.1) is 6.58 Å². The van der Waals surface area contributed by atoms with Gasteiger partial charge in [-0.3, -0.25) is 4.79 Å². The Bertz CT molecular complexity index is 375. The zero-order valence-corrected chi connectivity index (χ0v) is 10.4. The van der Waals surface area contributed by atoms with Gasteiger partial charge in [0, 0.05) is 0 Å². The largest absolute Gasteiger partial charge is 0.348 e. The van der Waals surface area contributed by atoms with E-state index in [0.29, 0.717) is 0 Å². The number of nitrogens with two attached hydrogens (primary N) is 1. The van der Waals surface area contributed by atoms with E-state index in [1.165, 1.54) is 0 Å². The molecule has 0 bridgehead atoms. The van der Waals surface area contributed by atoms with E-state index in [1.54, 1.807) is 6.08 Å². The van der Waals surface area contributed by atoms with Crippen molar-refractivity contribution in [2.45, 2.75) is 25.9 Å². The quantitative estimate of drug-likeness (QED) is 0.763. The van der Waals surface area contributed by atoms with Crippen LogP contribution in [-0.2, 0) is 4.79 Å². The molecule has 3 atom stereocenters. The van der Waals surface area contributed by atoms with E-state index in [-0.39, 0.29) is 17.9 Å². The van der Waals surface area contributed by atoms with Crippen molar-refractivity contribution in [2.24, 2.45) is 11.7 Å². The lowest BCUT2D eigenvalue weighted by Crippen LogP contribution is -2.44. The van der Waals surface area contributed by atoms with Crippen molar-refractivity contribution < 1.29 is 4.79 Å². The normalized spacial score (nSPS) is 15.7. The van der Waals surface area contributed by atoms with Gasteiger partial charge in [0.25, 0.3) is 0 Å². The molecule has 0 aliphatic rings. The zero-order valence-electron chi connectivity index (χ0n) is 10.4. The predicted molar refractivity (Wildman–Crippen MR) is 70.3 cm³/mol. The number of carbonyl (C=O) groups excluding carboxylic acids is 1. The van der Waals surface area contributed by atoms with Crippen molar-refractivity contribution in [3.63, 3.8) is 0 Å². The number of nitrogens with one attached hydrogen (secondary N) is 1. The maximum atomic E-state index is 11.8. The number of hydrogen-bond donors (Lipinski definition) is 2. The highest BCUT2D eigenvalue weighted by molar-refractivity contribution is 5.82. The van der Waals surface area contributed by atoms with Gasteiger partial charge in [-0.1, -0.05) is 43.3 Å². The molecule has 0 aliphatic heterocycles. The summed E-state index contributed by atoms with van der Waals surface area (Å²) >= 11 is 0. The molecule has 3 heteroatoms. The molecule has 92 valence electrons. The molecule has 0 saturated heterocycles. The second kappa shape index (κ2) is 6.21. The Morgan fingerprint density at radius 3 is 2.47 bits per heavy atom. The van der Waals surface area contributed by atoms with Crippen LogP contribution >= 0.6 is 0 Å². The Labute approximate surface area is 103 Å². The molecule has 0 saturated carbocycles. The highest BCUT2D eigenvalue weighted by Crippen LogP contribution is 2.12. The third kappa shape index (κ3) is 3.71. The molecular formula is C14H20N2O. The van der Waals surface area contributed by atoms with Gasteiger partial charge in [-0.2, -0.15) is 0 Å². The SMILES string of the molecule is C=C[C@@H](C)[C@H](N)C(=O)N[C@@H](C)c1ccccc1. The van der Waals surface area contributed by atoms with Crippen molar-refractivity contribution in [3.05, 3.63) is 48.6 Å². The van der Waals surface area contributed by atoms with Crippen LogP contribution in [0.5, 0.6) is 0 Å². The summed E-state index contributed by atoms with van der Waals surface area (Å²) in [5, 5.41) is 2.90. The molecule has 1 aromatic rings. The summed E-state index contributed by atoms with van der Waals surface area (Å²) < 4.78 is 0. The number of rotatable bonds is 5. The Hall–Kier alpha value is -1.61. The molecule has 3 N–H and O–H groups in total. The van der Waals surface area contributed by atoms with Crippen LogP contribution in [0.4, 0.5) is 0 Å². The van der Waals surface area contributed by atoms with Crippen LogP contribution in [0.15, 0.2) is 43.0 Å². The van der Waals surface area contributed by atoms with Crippen LogP contribution in [0.3, 0.4) is 0 Å². The molecule has 0 aliphatic carbocycles. The van der Waals surface area contributed by atoms with E-state index < -0.39 is 6.04 Å². The van der Waals surface area contributed by atoms with Gasteiger partial charge in [0.15, 0.2) is 0 Å². The summed E-state index contributed by atoms with van der Waals surface area (Å²) in [6, 6.07) is 9.23. The third-order valence-corrected chi connectivity index (χ3v) is 2.90. The lowest BCUT2D eigenvalue weighted by Gasteiger charge is -2.20. The van der Waals surface area contributed by atoms with Crippen LogP contribution in [0.25, 0.3) is 0 Å². The van der Waals surface area contributed by atoms with E-state index >= 15 is 0 Å². The number of amides is 1. The summed E-state index contributed by atoms with van der Waals surface area (Å²) in [5.41, 5.74) is 6.88. The van der Waals surface area contributed by atoms with Crippen molar-refractivity contribution in [3.8, 4) is 0 Å². The molecule has 0 spiro atoms. The average Bonchev–Trinajstić information content (AvgIpc) is 2.37. The van der Waals surface area contributed by atoms with Crippen LogP contribution in [0.1, 0.15) is 25.5 Å². The van der Waals surface area contributed by atoms with Crippen molar-refractivity contribution in [1.29, 1.82) is 0 Å². The maximum absolute atomic E-state index is 11.8. The lowest BCUT2D eigenvalue weighted by atomic mass is 10.0. The summed E-state index contributed by atoms with van der Waals surface area (Å²) in [7, 11) is 0. The topological polar surface area (TPSA) is 55.1 Å². The monoisotopic (exact) mass is 232 g/mol. The highest BCUT2D eigenvalue weighted by atomic mass is 16.2. The van der Waals surface area contributed by atoms with E-state index in [0.717, 1.165) is 5.56 Å². The van der Waals surface area contributed by atoms with Gasteiger partial charge < -0.3 is 11.1 Å². The highest BCUT2D eigenvalue weighted by Gasteiger charge is 2.20. The lowest BCUT2D eigenvalue weighted by molar-refractivity contribution is -0.123. The number of hydrogen-bond acceptors (Lipinski definition) is 2. The Kier molecular flexibility index (Phi) is 4.91. The fourth-order valence-electron chi connectivity index (χ4n) is 1.52. The van der Waals surface area contributed by atoms with Gasteiger partial charge in [0.2, 0.25) is 5.91 Å². The predicted octanol–water partition coefficient (Wildman–Crippen LogP) is 2.01. The van der Waals surface area contributed by atoms with Gasteiger partial charge in [-0.05, 0) is 18.4 Å². The third-order valence-electron chi connectivity index (χ3n) is 2.90. The van der Waals surface area contributed by atoms with E-state index in [1.807, 2.05) is 44.2 Å². The smallest absolute Gasteiger partial charge is 0.237 e. The van der Waals surface area contributed by atoms with E-state index in [9.17, 15) is 4.79 Å². The first-order chi connectivity index (χ1) is 8.06. The number of benzene rings is 1. The minimum Gasteiger partial charge on any atom is -0.348 e. The fraction of sp³-hybridized carbons (Fsp3) is 0.357. The van der Waals surface area contributed by atoms with Gasteiger partial charge in [0.05, 0.1) is 12.1 Å². The second-order valence-corrected chi connectivity index (χ2v) is 4.26. The van der Waals surface area contributed by atoms with Crippen molar-refractivity contribution in [2.75, 3.05) is 0 Å². The number of carbonyl (C=O) groups is 1. The van der Waals surface area contributed by atoms with Crippen molar-refractivity contribution in [1.82, 2.24) is 5.32 Å². The minimum atomic E-state index is -0.543. The van der Waals surface area contributed by atoms with Gasteiger partial charge in [-0.25, -0.2) is 0 Å². The first-order valence-corrected chi connectivity index (χ1v) is 5.79. The Morgan fingerprint density at radius 1 is 1.35 bits per heavy atom. The summed E-state index contributed by atoms with van der Waals surface area (Å²) in [5.74, 6) is -0.174. The molecule has 1 amide bonds. The standard InChI is InChI=1S/C14H20N2O/c1-4-10(2)13(15)14(17)16-11(3)12-8-6-5-7-9-12/h4-11,13H,1,15H2,2-3H3,(H,16,17)/t10-,11+,13+/m1/s1. The second-order valence-electron chi connectivity index (χ2n) is 4.26. The fourth-order valence-corrected chi connectivity index (χ4v) is 1.52. The van der Waals surface area contributed by atoms with Crippen LogP contribution in [0, 0.1) is 5.92 Å². The first-order valence-electron chi connectivity index (χ1n) is 5.79. The molecule has 0 radical (unpaired) electrons. The van der Waals surface area contributed by atoms with Crippen molar-refractivity contribution >= 4 is 5.91 Å². The van der Waals surface area contributed by atoms with Gasteiger partial charge in [0.1, 0.15) is 0 Å². The summed E-state index contributed by atoms with van der Waals surface area (Å²) in [6.07, 6.45) is 1.69. The Balaban J connectivity index is 2.60. The molecule has 1 rings (SSSR count). The average molecular weight is 232 g/mol. The molecule has 0 fully saturated rings. The van der Waals surface area contributed by atoms with Crippen LogP contribution in [0.2, 0.25) is 0 Å². The summed E-state index contributed by atoms with van der Waals surface area (Å²) in [6.45, 7) is 7.46. The molecule has 0 heterocycles. The molecule has 17 heavy (non-hydrogen) atoms. The maximum Gasteiger partial charge on any atom is 0.237 e. The van der Waals surface area contributed by atoms with Crippen LogP contribution in [-0.4, -0.2) is 11.9 Å². The Morgan fingerprint density at radius 2 is 1.94 bits per heavy atom. The van der Waals surface area contributed by atoms with Crippen LogP contribution < -0.4 is 11.1 Å². The molecule has 1 aromatic carbocycles. The zero-order chi connectivity index (χ0) is 12.8. The minimum absolute atomic E-state index is 0.0297. The molecular weight excluding hydrogens is 212 g/mol. The first kappa shape index (κ1) is 13.5. The summed E-state index contributed by atoms with van der Waals surface area (Å²) in [4.78, 5) is 11.8. The molecule has 3 nitrogen and oxygen atoms in total. The molecule has 0 aromatic heterocycles. The van der Waals surface area contributed by atoms with E-state index in [4.69, 9.17) is 5.73 Å².